The number of nitro groups is 1. The van der Waals surface area contributed by atoms with Gasteiger partial charge >= 0.3 is 0 Å². The largest absolute Gasteiger partial charge is 0.508 e. The number of piperazine rings is 4. The maximum absolute atomic E-state index is 14.5. The van der Waals surface area contributed by atoms with E-state index >= 15 is 0 Å². The summed E-state index contributed by atoms with van der Waals surface area (Å²) in [7, 11) is 3.13. The molecule has 8 saturated heterocycles. The molecule has 0 aromatic heterocycles. The van der Waals surface area contributed by atoms with Crippen molar-refractivity contribution in [1.82, 2.24) is 19.6 Å². The SMILES string of the molecule is CC(=O)N1CCN(c2ccc(OCC3COC(C)(c4ccc(O)cc4S)O3)cc2)CC1.CC(=O)N1CCN(c2ccc(OCC3COC(C)(c4ccc(O)cc4[N+](=O)[O-])O3)cc2)CC1.COc1ccc(C2(C)OCC(COc3ccc(N4CCN(C(C)=O)CC4)cc3)O2)c(Br)c1.COc1ccc(C2(C)OCC(COc3ccc(N4CCN(C(C)=O)CC4)cc3)O2)c(F)c1. The number of aromatic hydroxyl groups is 2. The highest BCUT2D eigenvalue weighted by Crippen LogP contribution is 2.44. The van der Waals surface area contributed by atoms with Gasteiger partial charge in [0.05, 0.1) is 57.2 Å². The first-order chi connectivity index (χ1) is 61.3. The molecule has 31 nitrogen and oxygen atoms in total. The van der Waals surface area contributed by atoms with Crippen LogP contribution in [0, 0.1) is 15.9 Å². The lowest BCUT2D eigenvalue weighted by atomic mass is 10.0. The van der Waals surface area contributed by atoms with Crippen LogP contribution in [0.1, 0.15) is 77.6 Å². The van der Waals surface area contributed by atoms with E-state index in [1.807, 2.05) is 137 Å². The van der Waals surface area contributed by atoms with Gasteiger partial charge in [-0.2, -0.15) is 0 Å². The minimum absolute atomic E-state index is 0.104. The Hall–Kier alpha value is -10.9. The second-order valence-corrected chi connectivity index (χ2v) is 33.9. The summed E-state index contributed by atoms with van der Waals surface area (Å²) >= 11 is 8.01. The molecule has 16 rings (SSSR count). The van der Waals surface area contributed by atoms with E-state index in [0.29, 0.717) is 74.7 Å². The molecule has 34 heteroatoms. The Morgan fingerprint density at radius 2 is 0.664 bits per heavy atom. The molecule has 128 heavy (non-hydrogen) atoms. The number of anilines is 4. The van der Waals surface area contributed by atoms with Gasteiger partial charge in [-0.1, -0.05) is 15.9 Å². The molecule has 8 atom stereocenters. The number of carbonyl (C=O) groups excluding carboxylic acids is 4. The van der Waals surface area contributed by atoms with E-state index < -0.39 is 40.0 Å². The van der Waals surface area contributed by atoms with Gasteiger partial charge in [0, 0.05) is 187 Å². The van der Waals surface area contributed by atoms with Gasteiger partial charge in [0.2, 0.25) is 23.6 Å². The number of hydrogen-bond acceptors (Lipinski definition) is 27. The molecule has 4 amide bonds. The zero-order valence-corrected chi connectivity index (χ0v) is 76.2. The zero-order chi connectivity index (χ0) is 91.0. The quantitative estimate of drug-likeness (QED) is 0.0304. The van der Waals surface area contributed by atoms with Crippen molar-refractivity contribution in [3.05, 3.63) is 213 Å². The highest BCUT2D eigenvalue weighted by molar-refractivity contribution is 9.10. The summed E-state index contributed by atoms with van der Waals surface area (Å²) in [4.78, 5) is 73.9. The molecule has 8 aromatic carbocycles. The van der Waals surface area contributed by atoms with Crippen molar-refractivity contribution in [3.63, 3.8) is 0 Å². The number of nitro benzene ring substituents is 1. The van der Waals surface area contributed by atoms with Crippen molar-refractivity contribution in [1.29, 1.82) is 0 Å². The molecule has 8 aromatic rings. The number of nitrogens with zero attached hydrogens (tertiary/aromatic N) is 9. The predicted molar refractivity (Wildman–Crippen MR) is 482 cm³/mol. The molecular weight excluding hydrogens is 1740 g/mol. The van der Waals surface area contributed by atoms with Crippen molar-refractivity contribution in [2.24, 2.45) is 0 Å². The van der Waals surface area contributed by atoms with Crippen LogP contribution in [-0.4, -0.2) is 255 Å². The third kappa shape index (κ3) is 24.1. The van der Waals surface area contributed by atoms with E-state index in [0.717, 1.165) is 159 Å². The highest BCUT2D eigenvalue weighted by atomic mass is 79.9. The van der Waals surface area contributed by atoms with Crippen molar-refractivity contribution in [3.8, 4) is 46.0 Å². The van der Waals surface area contributed by atoms with E-state index in [-0.39, 0.29) is 77.9 Å². The van der Waals surface area contributed by atoms with Gasteiger partial charge in [-0.3, -0.25) is 29.3 Å². The summed E-state index contributed by atoms with van der Waals surface area (Å²) < 4.78 is 97.0. The first kappa shape index (κ1) is 94.7. The maximum Gasteiger partial charge on any atom is 0.281 e. The second kappa shape index (κ2) is 42.5. The number of ether oxygens (including phenoxy) is 14. The number of phenols is 2. The molecule has 0 saturated carbocycles. The summed E-state index contributed by atoms with van der Waals surface area (Å²) in [6, 6.07) is 50.8. The fraction of sp³-hybridized carbons (Fsp3) is 0.447. The number of amides is 4. The lowest BCUT2D eigenvalue weighted by Crippen LogP contribution is -2.48. The van der Waals surface area contributed by atoms with Gasteiger partial charge in [0.15, 0.2) is 23.1 Å². The summed E-state index contributed by atoms with van der Waals surface area (Å²) in [6.07, 6.45) is -1.12. The maximum atomic E-state index is 14.5. The molecule has 8 aliphatic heterocycles. The lowest BCUT2D eigenvalue weighted by molar-refractivity contribution is -0.388. The van der Waals surface area contributed by atoms with Gasteiger partial charge in [-0.25, -0.2) is 4.39 Å². The fourth-order valence-electron chi connectivity index (χ4n) is 16.3. The van der Waals surface area contributed by atoms with Crippen LogP contribution in [0.25, 0.3) is 0 Å². The van der Waals surface area contributed by atoms with Crippen LogP contribution in [-0.2, 0) is 80.2 Å². The van der Waals surface area contributed by atoms with E-state index in [2.05, 4.69) is 60.3 Å². The highest BCUT2D eigenvalue weighted by Gasteiger charge is 2.46. The van der Waals surface area contributed by atoms with Crippen LogP contribution < -0.4 is 48.0 Å². The number of hydrogen-bond donors (Lipinski definition) is 3. The Balaban J connectivity index is 0.000000146. The molecule has 8 heterocycles. The van der Waals surface area contributed by atoms with Crippen LogP contribution in [0.2, 0.25) is 0 Å². The Bertz CT molecular complexity index is 4950. The van der Waals surface area contributed by atoms with Crippen molar-refractivity contribution in [2.75, 3.05) is 191 Å². The molecule has 0 radical (unpaired) electrons. The molecule has 686 valence electrons. The zero-order valence-electron chi connectivity index (χ0n) is 73.7. The number of phenolic OH excluding ortho intramolecular Hbond substituents is 2. The van der Waals surface area contributed by atoms with Crippen LogP contribution in [0.5, 0.6) is 46.0 Å². The molecule has 8 aliphatic rings. The summed E-state index contributed by atoms with van der Waals surface area (Å²) in [5.74, 6) is -0.0610. The molecular formula is C94H113BrFN9O22S. The molecule has 8 unspecified atom stereocenters. The van der Waals surface area contributed by atoms with E-state index in [9.17, 15) is 43.9 Å². The smallest absolute Gasteiger partial charge is 0.281 e. The molecule has 0 aliphatic carbocycles. The molecule has 0 spiro atoms. The van der Waals surface area contributed by atoms with Gasteiger partial charge in [-0.05, 0) is 185 Å². The Morgan fingerprint density at radius 3 is 0.953 bits per heavy atom. The minimum Gasteiger partial charge on any atom is -0.508 e. The summed E-state index contributed by atoms with van der Waals surface area (Å²) in [5, 5.41) is 30.6. The van der Waals surface area contributed by atoms with Gasteiger partial charge in [-0.15, -0.1) is 12.6 Å². The summed E-state index contributed by atoms with van der Waals surface area (Å²) in [6.45, 7) is 28.7. The fourth-order valence-corrected chi connectivity index (χ4v) is 17.4. The molecule has 8 fully saturated rings. The lowest BCUT2D eigenvalue weighted by Gasteiger charge is -2.35. The number of methoxy groups -OCH3 is 2. The van der Waals surface area contributed by atoms with E-state index in [1.54, 1.807) is 79.0 Å². The van der Waals surface area contributed by atoms with Gasteiger partial charge in [0.1, 0.15) is 103 Å². The average molecular weight is 1850 g/mol. The first-order valence-electron chi connectivity index (χ1n) is 42.7. The number of halogens is 2. The Kier molecular flexibility index (Phi) is 31.5. The third-order valence-electron chi connectivity index (χ3n) is 23.7. The Labute approximate surface area is 758 Å². The average Bonchev–Trinajstić information content (AvgIpc) is 1.29. The first-order valence-corrected chi connectivity index (χ1v) is 44.0. The topological polar surface area (TPSA) is 307 Å². The molecule has 0 bridgehead atoms. The van der Waals surface area contributed by atoms with Crippen LogP contribution in [0.3, 0.4) is 0 Å². The number of carbonyl (C=O) groups is 4. The van der Waals surface area contributed by atoms with Gasteiger partial charge < -0.3 is 116 Å². The van der Waals surface area contributed by atoms with Crippen LogP contribution in [0.4, 0.5) is 32.8 Å². The Morgan fingerprint density at radius 1 is 0.398 bits per heavy atom. The monoisotopic (exact) mass is 1850 g/mol. The normalized spacial score (nSPS) is 23.3. The predicted octanol–water partition coefficient (Wildman–Crippen LogP) is 12.6. The number of benzene rings is 8. The standard InChI is InChI=1S/C24H29BrN2O5.C24H29FN2O5.C23H27N3O7.C23H28N2O5S/c2*1-17(28)26-10-12-27(13-11-26)18-4-6-19(7-5-18)30-15-21-16-31-24(2,32-21)22-9-8-20(29-3)14-23(22)25;1-16(27)24-9-11-25(12-10-24)17-3-6-19(7-4-17)31-14-20-15-32-23(2,33-20)21-8-5-18(28)13-22(21)26(29)30;1-16(26)24-9-11-25(12-10-24)17-3-6-19(7-4-17)28-14-20-15-29-23(2,30-20)21-8-5-18(27)13-22(21)31/h2*4-9,14,21H,10-13,15-16H2,1-3H3;3-8,13,20,28H,9-12,14-15H2,1-2H3;3-8,13,20,27,31H,9-12,14-15H2,1-2H3. The molecule has 2 N–H and O–H groups in total. The third-order valence-corrected chi connectivity index (χ3v) is 24.7. The number of rotatable bonds is 23. The van der Waals surface area contributed by atoms with Crippen molar-refractivity contribution in [2.45, 2.75) is 108 Å². The second-order valence-electron chi connectivity index (χ2n) is 32.5. The van der Waals surface area contributed by atoms with E-state index in [4.69, 9.17) is 66.3 Å². The van der Waals surface area contributed by atoms with Crippen molar-refractivity contribution >= 4 is 80.6 Å². The van der Waals surface area contributed by atoms with E-state index in [1.165, 1.54) is 25.3 Å². The van der Waals surface area contributed by atoms with Gasteiger partial charge in [0.25, 0.3) is 5.69 Å². The van der Waals surface area contributed by atoms with Crippen LogP contribution >= 0.6 is 28.6 Å². The summed E-state index contributed by atoms with van der Waals surface area (Å²) in [5.41, 5.74) is 6.41. The number of thiol groups is 1. The van der Waals surface area contributed by atoms with Crippen LogP contribution in [0.15, 0.2) is 179 Å². The minimum atomic E-state index is -1.31. The van der Waals surface area contributed by atoms with Crippen molar-refractivity contribution < 1.29 is 105 Å².